The second kappa shape index (κ2) is 3.98. The number of methoxy groups -OCH3 is 1. The summed E-state index contributed by atoms with van der Waals surface area (Å²) in [6.45, 7) is 3.27. The summed E-state index contributed by atoms with van der Waals surface area (Å²) in [5, 5.41) is 9.38. The fourth-order valence-corrected chi connectivity index (χ4v) is 1.70. The van der Waals surface area contributed by atoms with Crippen LogP contribution >= 0.6 is 11.6 Å². The van der Waals surface area contributed by atoms with E-state index in [1.165, 1.54) is 7.11 Å². The molecule has 0 atom stereocenters. The molecule has 0 amide bonds. The minimum atomic E-state index is -1.07. The van der Waals surface area contributed by atoms with Gasteiger partial charge in [-0.25, -0.2) is 4.79 Å². The standard InChI is InChI=1S/C10H12ClNO3/c1-4-6(10(13)14)9(15-3)5(2)7(11)8(4)12/h12H2,1-3H3,(H,13,14). The molecule has 0 fully saturated rings. The molecule has 0 aliphatic heterocycles. The first-order chi connectivity index (χ1) is 6.91. The maximum Gasteiger partial charge on any atom is 0.339 e. The Morgan fingerprint density at radius 1 is 1.40 bits per heavy atom. The van der Waals surface area contributed by atoms with Crippen LogP contribution in [0.2, 0.25) is 5.02 Å². The lowest BCUT2D eigenvalue weighted by Crippen LogP contribution is -2.08. The molecule has 0 aliphatic carbocycles. The average molecular weight is 230 g/mol. The molecule has 1 aromatic carbocycles. The Hall–Kier alpha value is -1.42. The number of halogens is 1. The molecule has 5 heteroatoms. The number of hydrogen-bond acceptors (Lipinski definition) is 3. The van der Waals surface area contributed by atoms with Crippen molar-refractivity contribution >= 4 is 23.3 Å². The third-order valence-electron chi connectivity index (χ3n) is 2.33. The van der Waals surface area contributed by atoms with Crippen LogP contribution in [0.3, 0.4) is 0 Å². The molecule has 0 aliphatic rings. The molecular weight excluding hydrogens is 218 g/mol. The number of hydrogen-bond donors (Lipinski definition) is 2. The van der Waals surface area contributed by atoms with Crippen molar-refractivity contribution in [2.24, 2.45) is 0 Å². The Labute approximate surface area is 92.6 Å². The molecular formula is C10H12ClNO3. The van der Waals surface area contributed by atoms with E-state index >= 15 is 0 Å². The van der Waals surface area contributed by atoms with Crippen molar-refractivity contribution in [3.05, 3.63) is 21.7 Å². The molecule has 0 aromatic heterocycles. The normalized spacial score (nSPS) is 10.1. The van der Waals surface area contributed by atoms with Crippen molar-refractivity contribution in [3.63, 3.8) is 0 Å². The molecule has 0 saturated heterocycles. The van der Waals surface area contributed by atoms with E-state index in [-0.39, 0.29) is 17.0 Å². The Morgan fingerprint density at radius 2 is 1.93 bits per heavy atom. The molecule has 1 rings (SSSR count). The highest BCUT2D eigenvalue weighted by Crippen LogP contribution is 2.37. The molecule has 0 saturated carbocycles. The topological polar surface area (TPSA) is 72.5 Å². The molecule has 0 unspecified atom stereocenters. The van der Waals surface area contributed by atoms with Crippen molar-refractivity contribution in [3.8, 4) is 5.75 Å². The highest BCUT2D eigenvalue weighted by molar-refractivity contribution is 6.34. The summed E-state index contributed by atoms with van der Waals surface area (Å²) in [6.07, 6.45) is 0. The van der Waals surface area contributed by atoms with Gasteiger partial charge in [0.1, 0.15) is 11.3 Å². The van der Waals surface area contributed by atoms with Crippen molar-refractivity contribution in [1.82, 2.24) is 0 Å². The molecule has 1 aromatic rings. The number of benzene rings is 1. The lowest BCUT2D eigenvalue weighted by Gasteiger charge is -2.15. The van der Waals surface area contributed by atoms with Gasteiger partial charge in [0.25, 0.3) is 0 Å². The molecule has 3 N–H and O–H groups in total. The molecule has 0 spiro atoms. The zero-order chi connectivity index (χ0) is 11.7. The van der Waals surface area contributed by atoms with Gasteiger partial charge in [0, 0.05) is 5.56 Å². The van der Waals surface area contributed by atoms with Crippen LogP contribution in [-0.2, 0) is 0 Å². The lowest BCUT2D eigenvalue weighted by molar-refractivity contribution is 0.0692. The minimum Gasteiger partial charge on any atom is -0.496 e. The molecule has 0 bridgehead atoms. The van der Waals surface area contributed by atoms with Crippen molar-refractivity contribution in [2.75, 3.05) is 12.8 Å². The van der Waals surface area contributed by atoms with E-state index in [1.807, 2.05) is 0 Å². The molecule has 0 radical (unpaired) electrons. The summed E-state index contributed by atoms with van der Waals surface area (Å²) in [4.78, 5) is 11.0. The van der Waals surface area contributed by atoms with Crippen LogP contribution in [-0.4, -0.2) is 18.2 Å². The van der Waals surface area contributed by atoms with Crippen LogP contribution in [0.25, 0.3) is 0 Å². The van der Waals surface area contributed by atoms with E-state index in [9.17, 15) is 4.79 Å². The van der Waals surface area contributed by atoms with E-state index in [0.717, 1.165) is 0 Å². The van der Waals surface area contributed by atoms with E-state index in [2.05, 4.69) is 0 Å². The number of rotatable bonds is 2. The van der Waals surface area contributed by atoms with Gasteiger partial charge >= 0.3 is 5.97 Å². The Balaban J connectivity index is 3.70. The molecule has 0 heterocycles. The van der Waals surface area contributed by atoms with Gasteiger partial charge in [-0.3, -0.25) is 0 Å². The largest absolute Gasteiger partial charge is 0.496 e. The number of carbonyl (C=O) groups is 1. The number of aromatic carboxylic acids is 1. The van der Waals surface area contributed by atoms with Crippen molar-refractivity contribution in [1.29, 1.82) is 0 Å². The van der Waals surface area contributed by atoms with Crippen LogP contribution in [0, 0.1) is 13.8 Å². The molecule has 15 heavy (non-hydrogen) atoms. The summed E-state index contributed by atoms with van der Waals surface area (Å²) in [6, 6.07) is 0. The van der Waals surface area contributed by atoms with E-state index in [1.54, 1.807) is 13.8 Å². The van der Waals surface area contributed by atoms with Crippen LogP contribution in [0.5, 0.6) is 5.75 Å². The maximum atomic E-state index is 11.0. The Morgan fingerprint density at radius 3 is 2.33 bits per heavy atom. The minimum absolute atomic E-state index is 0.0666. The lowest BCUT2D eigenvalue weighted by atomic mass is 10.0. The number of anilines is 1. The summed E-state index contributed by atoms with van der Waals surface area (Å²) < 4.78 is 5.03. The third kappa shape index (κ3) is 1.72. The predicted molar refractivity (Wildman–Crippen MR) is 58.8 cm³/mol. The summed E-state index contributed by atoms with van der Waals surface area (Å²) >= 11 is 5.95. The smallest absolute Gasteiger partial charge is 0.339 e. The third-order valence-corrected chi connectivity index (χ3v) is 2.82. The summed E-state index contributed by atoms with van der Waals surface area (Å²) in [7, 11) is 1.40. The zero-order valence-electron chi connectivity index (χ0n) is 8.72. The van der Waals surface area contributed by atoms with Crippen LogP contribution in [0.1, 0.15) is 21.5 Å². The number of ether oxygens (including phenoxy) is 1. The van der Waals surface area contributed by atoms with Crippen LogP contribution in [0.4, 0.5) is 5.69 Å². The molecule has 4 nitrogen and oxygen atoms in total. The van der Waals surface area contributed by atoms with Crippen LogP contribution < -0.4 is 10.5 Å². The van der Waals surface area contributed by atoms with Gasteiger partial charge in [0.05, 0.1) is 17.8 Å². The van der Waals surface area contributed by atoms with Crippen molar-refractivity contribution in [2.45, 2.75) is 13.8 Å². The SMILES string of the molecule is COc1c(C)c(Cl)c(N)c(C)c1C(=O)O. The number of nitrogen functional groups attached to an aromatic ring is 1. The van der Waals surface area contributed by atoms with E-state index in [4.69, 9.17) is 27.2 Å². The summed E-state index contributed by atoms with van der Waals surface area (Å²) in [5.74, 6) is -0.810. The van der Waals surface area contributed by atoms with Crippen molar-refractivity contribution < 1.29 is 14.6 Å². The van der Waals surface area contributed by atoms with Gasteiger partial charge in [-0.05, 0) is 19.4 Å². The quantitative estimate of drug-likeness (QED) is 0.763. The Bertz CT molecular complexity index is 429. The second-order valence-electron chi connectivity index (χ2n) is 3.19. The number of carboxylic acid groups (broad SMARTS) is 1. The van der Waals surface area contributed by atoms with Gasteiger partial charge < -0.3 is 15.6 Å². The van der Waals surface area contributed by atoms with Gasteiger partial charge in [-0.1, -0.05) is 11.6 Å². The maximum absolute atomic E-state index is 11.0. The predicted octanol–water partition coefficient (Wildman–Crippen LogP) is 2.25. The number of nitrogens with two attached hydrogens (primary N) is 1. The van der Waals surface area contributed by atoms with E-state index in [0.29, 0.717) is 16.1 Å². The Kier molecular flexibility index (Phi) is 3.09. The van der Waals surface area contributed by atoms with Gasteiger partial charge in [-0.15, -0.1) is 0 Å². The van der Waals surface area contributed by atoms with Gasteiger partial charge in [-0.2, -0.15) is 0 Å². The van der Waals surface area contributed by atoms with E-state index < -0.39 is 5.97 Å². The van der Waals surface area contributed by atoms with Crippen LogP contribution in [0.15, 0.2) is 0 Å². The highest BCUT2D eigenvalue weighted by Gasteiger charge is 2.22. The molecule has 82 valence electrons. The zero-order valence-corrected chi connectivity index (χ0v) is 9.47. The fraction of sp³-hybridized carbons (Fsp3) is 0.300. The monoisotopic (exact) mass is 229 g/mol. The average Bonchev–Trinajstić information content (AvgIpc) is 2.19. The second-order valence-corrected chi connectivity index (χ2v) is 3.57. The fourth-order valence-electron chi connectivity index (χ4n) is 1.47. The van der Waals surface area contributed by atoms with Gasteiger partial charge in [0.2, 0.25) is 0 Å². The number of carboxylic acids is 1. The highest BCUT2D eigenvalue weighted by atomic mass is 35.5. The first kappa shape index (κ1) is 11.7. The summed E-state index contributed by atoms with van der Waals surface area (Å²) in [5.41, 5.74) is 7.01. The van der Waals surface area contributed by atoms with Gasteiger partial charge in [0.15, 0.2) is 0 Å². The first-order valence-electron chi connectivity index (χ1n) is 4.27. The first-order valence-corrected chi connectivity index (χ1v) is 4.65.